The van der Waals surface area contributed by atoms with Gasteiger partial charge in [-0.1, -0.05) is 30.7 Å². The maximum Gasteiger partial charge on any atom is 0.258 e. The van der Waals surface area contributed by atoms with E-state index in [2.05, 4.69) is 21.2 Å². The molecule has 1 N–H and O–H groups in total. The van der Waals surface area contributed by atoms with Crippen molar-refractivity contribution in [2.24, 2.45) is 0 Å². The van der Waals surface area contributed by atoms with Gasteiger partial charge in [-0.05, 0) is 64.7 Å². The van der Waals surface area contributed by atoms with E-state index in [4.69, 9.17) is 21.1 Å². The van der Waals surface area contributed by atoms with Crippen LogP contribution in [0.3, 0.4) is 0 Å². The van der Waals surface area contributed by atoms with Gasteiger partial charge in [-0.2, -0.15) is 0 Å². The van der Waals surface area contributed by atoms with E-state index in [0.717, 1.165) is 23.3 Å². The molecule has 2 aromatic carbocycles. The normalized spacial score (nSPS) is 11.7. The van der Waals surface area contributed by atoms with Gasteiger partial charge in [-0.3, -0.25) is 4.79 Å². The molecule has 0 aliphatic rings. The highest BCUT2D eigenvalue weighted by Crippen LogP contribution is 2.28. The molecule has 0 aliphatic carbocycles. The van der Waals surface area contributed by atoms with Crippen molar-refractivity contribution in [3.05, 3.63) is 57.0 Å². The summed E-state index contributed by atoms with van der Waals surface area (Å²) in [7, 11) is 1.65. The van der Waals surface area contributed by atoms with Gasteiger partial charge in [0.2, 0.25) is 0 Å². The molecule has 0 radical (unpaired) electrons. The van der Waals surface area contributed by atoms with E-state index in [-0.39, 0.29) is 18.6 Å². The zero-order chi connectivity index (χ0) is 18.4. The zero-order valence-electron chi connectivity index (χ0n) is 14.4. The van der Waals surface area contributed by atoms with Crippen molar-refractivity contribution in [1.82, 2.24) is 5.32 Å². The maximum absolute atomic E-state index is 12.2. The van der Waals surface area contributed by atoms with E-state index < -0.39 is 0 Å². The monoisotopic (exact) mass is 425 g/mol. The number of hydrogen-bond acceptors (Lipinski definition) is 3. The number of aryl methyl sites for hydroxylation is 1. The molecule has 0 saturated carbocycles. The van der Waals surface area contributed by atoms with Crippen molar-refractivity contribution in [1.29, 1.82) is 0 Å². The van der Waals surface area contributed by atoms with Crippen LogP contribution in [0.5, 0.6) is 11.5 Å². The first-order valence-corrected chi connectivity index (χ1v) is 9.13. The van der Waals surface area contributed by atoms with Crippen LogP contribution >= 0.6 is 27.5 Å². The van der Waals surface area contributed by atoms with E-state index in [1.54, 1.807) is 25.3 Å². The molecule has 0 bridgehead atoms. The average Bonchev–Trinajstić information content (AvgIpc) is 2.58. The molecule has 1 unspecified atom stereocenters. The molecule has 0 saturated heterocycles. The first kappa shape index (κ1) is 19.6. The van der Waals surface area contributed by atoms with Gasteiger partial charge in [0.05, 0.1) is 17.6 Å². The second kappa shape index (κ2) is 9.11. The summed E-state index contributed by atoms with van der Waals surface area (Å²) in [6, 6.07) is 11.0. The van der Waals surface area contributed by atoms with Crippen LogP contribution in [-0.4, -0.2) is 19.6 Å². The predicted octanol–water partition coefficient (Wildman–Crippen LogP) is 5.07. The van der Waals surface area contributed by atoms with Crippen LogP contribution in [0, 0.1) is 6.92 Å². The Balaban J connectivity index is 1.98. The number of carbonyl (C=O) groups is 1. The molecule has 0 spiro atoms. The number of rotatable bonds is 7. The van der Waals surface area contributed by atoms with Gasteiger partial charge in [0.15, 0.2) is 6.61 Å². The highest BCUT2D eigenvalue weighted by Gasteiger charge is 2.15. The maximum atomic E-state index is 12.2. The lowest BCUT2D eigenvalue weighted by Crippen LogP contribution is -2.32. The Morgan fingerprint density at radius 1 is 1.24 bits per heavy atom. The Hall–Kier alpha value is -1.72. The number of hydrogen-bond donors (Lipinski definition) is 1. The summed E-state index contributed by atoms with van der Waals surface area (Å²) in [6.45, 7) is 3.95. The van der Waals surface area contributed by atoms with Crippen LogP contribution in [0.25, 0.3) is 0 Å². The number of ether oxygens (including phenoxy) is 2. The summed E-state index contributed by atoms with van der Waals surface area (Å²) in [6.07, 6.45) is 0.780. The molecule has 0 heterocycles. The predicted molar refractivity (Wildman–Crippen MR) is 104 cm³/mol. The fourth-order valence-corrected chi connectivity index (χ4v) is 3.31. The average molecular weight is 427 g/mol. The molecule has 2 rings (SSSR count). The number of halogens is 2. The highest BCUT2D eigenvalue weighted by molar-refractivity contribution is 9.10. The van der Waals surface area contributed by atoms with E-state index in [1.165, 1.54) is 0 Å². The van der Waals surface area contributed by atoms with Crippen LogP contribution in [0.15, 0.2) is 40.9 Å². The quantitative estimate of drug-likeness (QED) is 0.673. The van der Waals surface area contributed by atoms with E-state index in [9.17, 15) is 4.79 Å². The molecule has 0 fully saturated rings. The highest BCUT2D eigenvalue weighted by atomic mass is 79.9. The first-order chi connectivity index (χ1) is 11.9. The van der Waals surface area contributed by atoms with Gasteiger partial charge in [-0.25, -0.2) is 0 Å². The molecule has 1 amide bonds. The minimum Gasteiger partial charge on any atom is -0.496 e. The lowest BCUT2D eigenvalue weighted by Gasteiger charge is -2.19. The second-order valence-corrected chi connectivity index (χ2v) is 6.91. The number of amides is 1. The summed E-state index contributed by atoms with van der Waals surface area (Å²) in [5, 5.41) is 3.60. The first-order valence-electron chi connectivity index (χ1n) is 7.96. The molecule has 6 heteroatoms. The number of methoxy groups -OCH3 is 1. The zero-order valence-corrected chi connectivity index (χ0v) is 16.8. The Bertz CT molecular complexity index is 751. The SMILES string of the molecule is CCC(NC(=O)COc1ccc(Cl)cc1Br)c1ccc(OC)c(C)c1. The van der Waals surface area contributed by atoms with E-state index >= 15 is 0 Å². The molecule has 25 heavy (non-hydrogen) atoms. The minimum absolute atomic E-state index is 0.0636. The second-order valence-electron chi connectivity index (χ2n) is 5.62. The molecular formula is C19H21BrClNO3. The van der Waals surface area contributed by atoms with Gasteiger partial charge < -0.3 is 14.8 Å². The fraction of sp³-hybridized carbons (Fsp3) is 0.316. The lowest BCUT2D eigenvalue weighted by atomic mass is 10.0. The molecule has 0 aliphatic heterocycles. The van der Waals surface area contributed by atoms with Gasteiger partial charge in [-0.15, -0.1) is 0 Å². The lowest BCUT2D eigenvalue weighted by molar-refractivity contribution is -0.123. The minimum atomic E-state index is -0.179. The molecular weight excluding hydrogens is 406 g/mol. The third kappa shape index (κ3) is 5.38. The number of carbonyl (C=O) groups excluding carboxylic acids is 1. The Morgan fingerprint density at radius 2 is 1.96 bits per heavy atom. The van der Waals surface area contributed by atoms with Crippen LogP contribution in [-0.2, 0) is 4.79 Å². The van der Waals surface area contributed by atoms with Gasteiger partial charge in [0.1, 0.15) is 11.5 Å². The number of benzene rings is 2. The van der Waals surface area contributed by atoms with Crippen molar-refractivity contribution >= 4 is 33.4 Å². The Labute approximate surface area is 161 Å². The molecule has 134 valence electrons. The van der Waals surface area contributed by atoms with Crippen LogP contribution < -0.4 is 14.8 Å². The van der Waals surface area contributed by atoms with Crippen LogP contribution in [0.2, 0.25) is 5.02 Å². The summed E-state index contributed by atoms with van der Waals surface area (Å²) in [5.74, 6) is 1.23. The summed E-state index contributed by atoms with van der Waals surface area (Å²) >= 11 is 9.26. The van der Waals surface area contributed by atoms with Gasteiger partial charge in [0, 0.05) is 5.02 Å². The summed E-state index contributed by atoms with van der Waals surface area (Å²) < 4.78 is 11.6. The summed E-state index contributed by atoms with van der Waals surface area (Å²) in [5.41, 5.74) is 2.08. The largest absolute Gasteiger partial charge is 0.496 e. The van der Waals surface area contributed by atoms with Crippen molar-refractivity contribution < 1.29 is 14.3 Å². The smallest absolute Gasteiger partial charge is 0.258 e. The molecule has 2 aromatic rings. The van der Waals surface area contributed by atoms with E-state index in [1.807, 2.05) is 32.0 Å². The Morgan fingerprint density at radius 3 is 2.56 bits per heavy atom. The molecule has 1 atom stereocenters. The number of nitrogens with one attached hydrogen (secondary N) is 1. The van der Waals surface area contributed by atoms with Gasteiger partial charge in [0.25, 0.3) is 5.91 Å². The van der Waals surface area contributed by atoms with Crippen molar-refractivity contribution in [3.63, 3.8) is 0 Å². The van der Waals surface area contributed by atoms with E-state index in [0.29, 0.717) is 15.2 Å². The standard InChI is InChI=1S/C19H21BrClNO3/c1-4-16(13-5-7-17(24-3)12(2)9-13)22-19(23)11-25-18-8-6-14(21)10-15(18)20/h5-10,16H,4,11H2,1-3H3,(H,22,23). The van der Waals surface area contributed by atoms with Crippen molar-refractivity contribution in [3.8, 4) is 11.5 Å². The fourth-order valence-electron chi connectivity index (χ4n) is 2.51. The summed E-state index contributed by atoms with van der Waals surface area (Å²) in [4.78, 5) is 12.2. The van der Waals surface area contributed by atoms with Crippen molar-refractivity contribution in [2.45, 2.75) is 26.3 Å². The van der Waals surface area contributed by atoms with Crippen molar-refractivity contribution in [2.75, 3.05) is 13.7 Å². The molecule has 4 nitrogen and oxygen atoms in total. The van der Waals surface area contributed by atoms with Crippen LogP contribution in [0.1, 0.15) is 30.5 Å². The Kier molecular flexibility index (Phi) is 7.14. The van der Waals surface area contributed by atoms with Crippen LogP contribution in [0.4, 0.5) is 0 Å². The van der Waals surface area contributed by atoms with Gasteiger partial charge >= 0.3 is 0 Å². The molecule has 0 aromatic heterocycles. The third-order valence-corrected chi connectivity index (χ3v) is 4.67. The topological polar surface area (TPSA) is 47.6 Å². The third-order valence-electron chi connectivity index (χ3n) is 3.82.